The molecule has 2 aromatic carbocycles. The van der Waals surface area contributed by atoms with Crippen molar-refractivity contribution in [2.75, 3.05) is 0 Å². The van der Waals surface area contributed by atoms with Crippen LogP contribution in [0, 0.1) is 0 Å². The number of aryl methyl sites for hydroxylation is 2. The van der Waals surface area contributed by atoms with Crippen molar-refractivity contribution in [3.63, 3.8) is 0 Å². The Kier molecular flexibility index (Phi) is 18.5. The molecule has 66 heavy (non-hydrogen) atoms. The van der Waals surface area contributed by atoms with Gasteiger partial charge in [0.1, 0.15) is 23.7 Å². The fourth-order valence-corrected chi connectivity index (χ4v) is 10.1. The molecule has 0 fully saturated rings. The lowest BCUT2D eigenvalue weighted by Gasteiger charge is -2.13. The summed E-state index contributed by atoms with van der Waals surface area (Å²) >= 11 is 0. The van der Waals surface area contributed by atoms with Crippen molar-refractivity contribution in [3.05, 3.63) is 107 Å². The largest absolute Gasteiger partial charge is 0.508 e. The van der Waals surface area contributed by atoms with Gasteiger partial charge in [-0.05, 0) is 109 Å². The zero-order valence-corrected chi connectivity index (χ0v) is 39.9. The number of aromatic amines is 2. The minimum atomic E-state index is -1.19. The van der Waals surface area contributed by atoms with Gasteiger partial charge in [-0.25, -0.2) is 4.98 Å². The monoisotopic (exact) mass is 893 g/mol. The molecule has 0 spiro atoms. The summed E-state index contributed by atoms with van der Waals surface area (Å²) in [5.74, 6) is 0.308. The number of hydrogen-bond donors (Lipinski definition) is 6. The average Bonchev–Trinajstić information content (AvgIpc) is 4.15. The van der Waals surface area contributed by atoms with Gasteiger partial charge in [0.25, 0.3) is 0 Å². The summed E-state index contributed by atoms with van der Waals surface area (Å²) in [6.07, 6.45) is 30.3. The highest BCUT2D eigenvalue weighted by Crippen LogP contribution is 2.40. The highest BCUT2D eigenvalue weighted by Gasteiger charge is 2.33. The van der Waals surface area contributed by atoms with Crippen LogP contribution in [0.4, 0.5) is 0 Å². The van der Waals surface area contributed by atoms with E-state index in [4.69, 9.17) is 9.97 Å². The maximum absolute atomic E-state index is 12.1. The first-order valence-electron chi connectivity index (χ1n) is 25.8. The number of unbranched alkanes of at least 4 members (excludes halogenated alkanes) is 20. The van der Waals surface area contributed by atoms with E-state index < -0.39 is 12.2 Å². The minimum absolute atomic E-state index is 0.154. The van der Waals surface area contributed by atoms with Crippen molar-refractivity contribution < 1.29 is 20.4 Å². The minimum Gasteiger partial charge on any atom is -0.508 e. The van der Waals surface area contributed by atoms with Gasteiger partial charge in [-0.2, -0.15) is 0 Å². The smallest absolute Gasteiger partial charge is 0.128 e. The molecule has 3 aromatic heterocycles. The van der Waals surface area contributed by atoms with Gasteiger partial charge in [-0.1, -0.05) is 167 Å². The van der Waals surface area contributed by atoms with Crippen LogP contribution in [0.3, 0.4) is 0 Å². The van der Waals surface area contributed by atoms with E-state index in [0.717, 1.165) is 92.5 Å². The normalized spacial score (nSPS) is 14.7. The van der Waals surface area contributed by atoms with Crippen LogP contribution >= 0.6 is 0 Å². The predicted octanol–water partition coefficient (Wildman–Crippen LogP) is 15.7. The van der Waals surface area contributed by atoms with Crippen LogP contribution in [0.15, 0.2) is 72.8 Å². The topological polar surface area (TPSA) is 138 Å². The standard InChI is InChI=1S/C58H76N4O4/c1-3-5-7-9-11-13-15-17-19-21-23-31-45-47-33-35-49(59-47)53(41-27-25-29-43(63)39-41)51-37-38-52(61-51)54(42-28-26-30-44(64)40-42)50-36-34-48(60-50)46(56-58(66)57(65)55(45)62-56)32-24-22-20-18-16-14-12-10-8-6-4-2/h25-30,33-40,57-60,63-66H,3-24,31-32H2,1-2H3. The van der Waals surface area contributed by atoms with Crippen molar-refractivity contribution in [1.82, 2.24) is 19.9 Å². The fourth-order valence-electron chi connectivity index (χ4n) is 10.1. The highest BCUT2D eigenvalue weighted by atomic mass is 16.3. The molecule has 7 rings (SSSR count). The Bertz CT molecular complexity index is 2350. The number of H-pyrrole nitrogens is 2. The first kappa shape index (κ1) is 48.7. The third-order valence-electron chi connectivity index (χ3n) is 13.8. The lowest BCUT2D eigenvalue weighted by atomic mass is 9.98. The molecule has 6 N–H and O–H groups in total. The number of aliphatic hydroxyl groups is 2. The second-order valence-corrected chi connectivity index (χ2v) is 18.9. The zero-order chi connectivity index (χ0) is 46.1. The first-order chi connectivity index (χ1) is 32.4. The lowest BCUT2D eigenvalue weighted by molar-refractivity contribution is 0.0244. The van der Waals surface area contributed by atoms with Crippen LogP contribution < -0.4 is 0 Å². The molecule has 0 saturated heterocycles. The van der Waals surface area contributed by atoms with E-state index in [1.165, 1.54) is 116 Å². The maximum atomic E-state index is 12.1. The third kappa shape index (κ3) is 12.8. The second kappa shape index (κ2) is 25.1. The zero-order valence-electron chi connectivity index (χ0n) is 39.9. The number of aromatic nitrogens is 4. The number of phenolic OH excluding ortho intramolecular Hbond substituents is 2. The summed E-state index contributed by atoms with van der Waals surface area (Å²) in [4.78, 5) is 18.0. The number of rotatable bonds is 26. The van der Waals surface area contributed by atoms with Crippen LogP contribution in [0.25, 0.3) is 56.5 Å². The van der Waals surface area contributed by atoms with Gasteiger partial charge < -0.3 is 30.4 Å². The molecule has 5 aromatic rings. The lowest BCUT2D eigenvalue weighted by Crippen LogP contribution is -2.07. The number of aliphatic hydroxyl groups excluding tert-OH is 2. The van der Waals surface area contributed by atoms with Crippen molar-refractivity contribution in [2.45, 2.75) is 180 Å². The van der Waals surface area contributed by atoms with Crippen molar-refractivity contribution >= 4 is 34.2 Å². The molecule has 8 heteroatoms. The highest BCUT2D eigenvalue weighted by molar-refractivity contribution is 5.95. The van der Waals surface area contributed by atoms with Gasteiger partial charge in [0, 0.05) is 33.2 Å². The molecule has 0 amide bonds. The van der Waals surface area contributed by atoms with E-state index in [9.17, 15) is 20.4 Å². The number of nitrogens with zero attached hydrogens (tertiary/aromatic N) is 2. The predicted molar refractivity (Wildman–Crippen MR) is 274 cm³/mol. The van der Waals surface area contributed by atoms with E-state index >= 15 is 0 Å². The summed E-state index contributed by atoms with van der Waals surface area (Å²) in [5.41, 5.74) is 10.9. The van der Waals surface area contributed by atoms with Gasteiger partial charge in [-0.15, -0.1) is 0 Å². The molecule has 352 valence electrons. The summed E-state index contributed by atoms with van der Waals surface area (Å²) in [7, 11) is 0. The quantitative estimate of drug-likeness (QED) is 0.0300. The Morgan fingerprint density at radius 2 is 0.773 bits per heavy atom. The summed E-state index contributed by atoms with van der Waals surface area (Å²) in [6, 6.07) is 22.7. The Labute approximate surface area is 393 Å². The molecule has 2 aliphatic heterocycles. The molecule has 0 radical (unpaired) electrons. The molecule has 2 unspecified atom stereocenters. The first-order valence-corrected chi connectivity index (χ1v) is 25.8. The Hall–Kier alpha value is -5.18. The van der Waals surface area contributed by atoms with E-state index in [1.54, 1.807) is 24.3 Å². The molecule has 0 aliphatic carbocycles. The van der Waals surface area contributed by atoms with Gasteiger partial charge in [0.2, 0.25) is 0 Å². The molecular formula is C58H76N4O4. The van der Waals surface area contributed by atoms with Crippen LogP contribution in [-0.4, -0.2) is 40.4 Å². The summed E-state index contributed by atoms with van der Waals surface area (Å²) in [5, 5.41) is 45.6. The van der Waals surface area contributed by atoms with E-state index in [2.05, 4.69) is 35.9 Å². The average molecular weight is 893 g/mol. The number of nitrogens with one attached hydrogen (secondary N) is 2. The molecular weight excluding hydrogens is 817 g/mol. The number of benzene rings is 2. The molecule has 5 heterocycles. The summed E-state index contributed by atoms with van der Waals surface area (Å²) < 4.78 is 0. The third-order valence-corrected chi connectivity index (χ3v) is 13.8. The SMILES string of the molecule is CCCCCCCCCCCCCc1c2nc(c(CCCCCCCCCCCCC)c3ccc([nH]3)c(-c3cccc(O)c3)c3nc(c(-c4cccc(O)c4)c4ccc1[nH]4)C=C3)C(O)C2O. The van der Waals surface area contributed by atoms with Crippen LogP contribution in [0.2, 0.25) is 0 Å². The van der Waals surface area contributed by atoms with Crippen molar-refractivity contribution in [3.8, 4) is 33.8 Å². The number of fused-ring (bicyclic) bond motifs is 8. The Morgan fingerprint density at radius 3 is 1.14 bits per heavy atom. The van der Waals surface area contributed by atoms with Crippen LogP contribution in [0.1, 0.15) is 201 Å². The van der Waals surface area contributed by atoms with E-state index in [0.29, 0.717) is 24.2 Å². The Morgan fingerprint density at radius 1 is 0.424 bits per heavy atom. The Balaban J connectivity index is 1.31. The second-order valence-electron chi connectivity index (χ2n) is 18.9. The van der Waals surface area contributed by atoms with Gasteiger partial charge in [0.05, 0.1) is 22.8 Å². The maximum Gasteiger partial charge on any atom is 0.128 e. The fraction of sp³-hybridized carbons (Fsp3) is 0.483. The van der Waals surface area contributed by atoms with Crippen molar-refractivity contribution in [2.24, 2.45) is 0 Å². The van der Waals surface area contributed by atoms with Gasteiger partial charge in [0.15, 0.2) is 0 Å². The van der Waals surface area contributed by atoms with E-state index in [1.807, 2.05) is 48.6 Å². The van der Waals surface area contributed by atoms with Crippen LogP contribution in [0.5, 0.6) is 11.5 Å². The number of phenols is 2. The summed E-state index contributed by atoms with van der Waals surface area (Å²) in [6.45, 7) is 4.53. The van der Waals surface area contributed by atoms with Gasteiger partial charge >= 0.3 is 0 Å². The van der Waals surface area contributed by atoms with Gasteiger partial charge in [-0.3, -0.25) is 4.98 Å². The molecule has 0 saturated carbocycles. The number of aromatic hydroxyl groups is 2. The van der Waals surface area contributed by atoms with Crippen LogP contribution in [-0.2, 0) is 12.8 Å². The molecule has 8 nitrogen and oxygen atoms in total. The van der Waals surface area contributed by atoms with Crippen molar-refractivity contribution in [1.29, 1.82) is 0 Å². The van der Waals surface area contributed by atoms with E-state index in [-0.39, 0.29) is 11.5 Å². The molecule has 2 atom stereocenters. The molecule has 2 aliphatic rings. The number of hydrogen-bond acceptors (Lipinski definition) is 6. The molecule has 8 bridgehead atoms.